The first-order valence-corrected chi connectivity index (χ1v) is 6.25. The summed E-state index contributed by atoms with van der Waals surface area (Å²) in [5, 5.41) is 3.95. The first kappa shape index (κ1) is 15.3. The summed E-state index contributed by atoms with van der Waals surface area (Å²) < 4.78 is 0. The molecule has 0 aliphatic carbocycles. The number of hydrogen-bond acceptors (Lipinski definition) is 2. The second kappa shape index (κ2) is 6.41. The van der Waals surface area contributed by atoms with Crippen molar-refractivity contribution in [2.45, 2.75) is 19.9 Å². The molecule has 5 heteroatoms. The van der Waals surface area contributed by atoms with Gasteiger partial charge in [-0.05, 0) is 37.6 Å². The third-order valence-electron chi connectivity index (χ3n) is 3.18. The van der Waals surface area contributed by atoms with E-state index < -0.39 is 0 Å². The molecule has 1 aromatic rings. The Labute approximate surface area is 119 Å². The second-order valence-corrected chi connectivity index (χ2v) is 4.95. The van der Waals surface area contributed by atoms with Crippen molar-refractivity contribution in [2.75, 3.05) is 19.6 Å². The molecule has 0 saturated carbocycles. The third kappa shape index (κ3) is 3.16. The van der Waals surface area contributed by atoms with Gasteiger partial charge in [-0.3, -0.25) is 4.79 Å². The van der Waals surface area contributed by atoms with Gasteiger partial charge in [-0.25, -0.2) is 0 Å². The van der Waals surface area contributed by atoms with E-state index in [1.165, 1.54) is 0 Å². The number of benzene rings is 1. The van der Waals surface area contributed by atoms with Crippen LogP contribution in [0, 0.1) is 6.92 Å². The molecule has 0 aromatic heterocycles. The summed E-state index contributed by atoms with van der Waals surface area (Å²) in [6.07, 6.45) is 0. The number of piperazine rings is 1. The standard InChI is InChI=1S/C13H17ClN2O.ClH/c1-9-7-11(14)3-4-12(9)13(17)16-6-5-15-8-10(16)2;/h3-4,7,10,15H,5-6,8H2,1-2H3;1H. The Bertz CT molecular complexity index is 437. The molecule has 1 aromatic carbocycles. The Hall–Kier alpha value is -0.770. The summed E-state index contributed by atoms with van der Waals surface area (Å²) >= 11 is 5.90. The van der Waals surface area contributed by atoms with Gasteiger partial charge in [0.25, 0.3) is 5.91 Å². The van der Waals surface area contributed by atoms with Crippen molar-refractivity contribution in [3.05, 3.63) is 34.3 Å². The minimum Gasteiger partial charge on any atom is -0.333 e. The van der Waals surface area contributed by atoms with Crippen LogP contribution in [0.2, 0.25) is 5.02 Å². The molecule has 1 unspecified atom stereocenters. The summed E-state index contributed by atoms with van der Waals surface area (Å²) in [5.41, 5.74) is 1.69. The van der Waals surface area contributed by atoms with Crippen molar-refractivity contribution in [1.82, 2.24) is 10.2 Å². The van der Waals surface area contributed by atoms with E-state index in [0.717, 1.165) is 30.8 Å². The highest BCUT2D eigenvalue weighted by molar-refractivity contribution is 6.30. The van der Waals surface area contributed by atoms with Crippen LogP contribution in [-0.4, -0.2) is 36.5 Å². The van der Waals surface area contributed by atoms with Crippen molar-refractivity contribution >= 4 is 29.9 Å². The topological polar surface area (TPSA) is 32.3 Å². The van der Waals surface area contributed by atoms with Gasteiger partial charge >= 0.3 is 0 Å². The lowest BCUT2D eigenvalue weighted by Gasteiger charge is -2.34. The number of carbonyl (C=O) groups excluding carboxylic acids is 1. The number of hydrogen-bond donors (Lipinski definition) is 1. The molecule has 0 radical (unpaired) electrons. The molecule has 3 nitrogen and oxygen atoms in total. The summed E-state index contributed by atoms with van der Waals surface area (Å²) in [4.78, 5) is 14.3. The third-order valence-corrected chi connectivity index (χ3v) is 3.42. The molecule has 1 fully saturated rings. The Balaban J connectivity index is 0.00000162. The number of halogens is 2. The Kier molecular flexibility index (Phi) is 5.45. The van der Waals surface area contributed by atoms with E-state index in [2.05, 4.69) is 12.2 Å². The quantitative estimate of drug-likeness (QED) is 0.861. The zero-order chi connectivity index (χ0) is 12.4. The van der Waals surface area contributed by atoms with Crippen LogP contribution in [0.1, 0.15) is 22.8 Å². The maximum absolute atomic E-state index is 12.4. The maximum Gasteiger partial charge on any atom is 0.254 e. The lowest BCUT2D eigenvalue weighted by atomic mass is 10.1. The van der Waals surface area contributed by atoms with E-state index in [0.29, 0.717) is 5.02 Å². The highest BCUT2D eigenvalue weighted by atomic mass is 35.5. The average Bonchev–Trinajstić information content (AvgIpc) is 2.29. The molecule has 1 atom stereocenters. The summed E-state index contributed by atoms with van der Waals surface area (Å²) in [6.45, 7) is 6.48. The highest BCUT2D eigenvalue weighted by Crippen LogP contribution is 2.18. The molecule has 1 aliphatic heterocycles. The van der Waals surface area contributed by atoms with Crippen LogP contribution in [-0.2, 0) is 0 Å². The molecule has 0 bridgehead atoms. The van der Waals surface area contributed by atoms with Crippen LogP contribution in [0.3, 0.4) is 0 Å². The van der Waals surface area contributed by atoms with Crippen LogP contribution in [0.15, 0.2) is 18.2 Å². The fourth-order valence-corrected chi connectivity index (χ4v) is 2.39. The van der Waals surface area contributed by atoms with Crippen LogP contribution in [0.4, 0.5) is 0 Å². The molecule has 1 aliphatic rings. The van der Waals surface area contributed by atoms with E-state index in [9.17, 15) is 4.79 Å². The summed E-state index contributed by atoms with van der Waals surface area (Å²) in [5.74, 6) is 0.105. The largest absolute Gasteiger partial charge is 0.333 e. The van der Waals surface area contributed by atoms with Crippen LogP contribution in [0.25, 0.3) is 0 Å². The minimum atomic E-state index is 0. The van der Waals surface area contributed by atoms with Crippen LogP contribution < -0.4 is 5.32 Å². The smallest absolute Gasteiger partial charge is 0.254 e. The second-order valence-electron chi connectivity index (χ2n) is 4.51. The Morgan fingerprint density at radius 1 is 1.50 bits per heavy atom. The van der Waals surface area contributed by atoms with Gasteiger partial charge < -0.3 is 10.2 Å². The summed E-state index contributed by atoms with van der Waals surface area (Å²) in [7, 11) is 0. The SMILES string of the molecule is Cc1cc(Cl)ccc1C(=O)N1CCNCC1C.Cl. The van der Waals surface area contributed by atoms with E-state index in [1.807, 2.05) is 24.0 Å². The number of aryl methyl sites for hydroxylation is 1. The van der Waals surface area contributed by atoms with E-state index in [-0.39, 0.29) is 24.4 Å². The number of amides is 1. The minimum absolute atomic E-state index is 0. The van der Waals surface area contributed by atoms with Gasteiger partial charge in [0.2, 0.25) is 0 Å². The van der Waals surface area contributed by atoms with Crippen molar-refractivity contribution in [1.29, 1.82) is 0 Å². The molecule has 2 rings (SSSR count). The lowest BCUT2D eigenvalue weighted by Crippen LogP contribution is -2.52. The normalized spacial score (nSPS) is 19.3. The van der Waals surface area contributed by atoms with Gasteiger partial charge in [0.15, 0.2) is 0 Å². The highest BCUT2D eigenvalue weighted by Gasteiger charge is 2.24. The number of carbonyl (C=O) groups is 1. The zero-order valence-electron chi connectivity index (χ0n) is 10.6. The fraction of sp³-hybridized carbons (Fsp3) is 0.462. The lowest BCUT2D eigenvalue weighted by molar-refractivity contribution is 0.0655. The average molecular weight is 289 g/mol. The van der Waals surface area contributed by atoms with Crippen molar-refractivity contribution in [3.8, 4) is 0 Å². The van der Waals surface area contributed by atoms with Crippen LogP contribution in [0.5, 0.6) is 0 Å². The first-order valence-electron chi connectivity index (χ1n) is 5.87. The fourth-order valence-electron chi connectivity index (χ4n) is 2.16. The molecule has 1 amide bonds. The van der Waals surface area contributed by atoms with Gasteiger partial charge in [0, 0.05) is 36.3 Å². The maximum atomic E-state index is 12.4. The van der Waals surface area contributed by atoms with Crippen molar-refractivity contribution in [2.24, 2.45) is 0 Å². The zero-order valence-corrected chi connectivity index (χ0v) is 12.1. The van der Waals surface area contributed by atoms with Gasteiger partial charge in [0.1, 0.15) is 0 Å². The van der Waals surface area contributed by atoms with Gasteiger partial charge in [0.05, 0.1) is 0 Å². The predicted octanol–water partition coefficient (Wildman–Crippen LogP) is 2.50. The van der Waals surface area contributed by atoms with Crippen molar-refractivity contribution in [3.63, 3.8) is 0 Å². The Morgan fingerprint density at radius 3 is 2.83 bits per heavy atom. The number of rotatable bonds is 1. The first-order chi connectivity index (χ1) is 8.09. The molecule has 1 N–H and O–H groups in total. The van der Waals surface area contributed by atoms with E-state index in [4.69, 9.17) is 11.6 Å². The molecular formula is C13H18Cl2N2O. The molecule has 100 valence electrons. The van der Waals surface area contributed by atoms with Gasteiger partial charge in [-0.2, -0.15) is 0 Å². The van der Waals surface area contributed by atoms with Crippen molar-refractivity contribution < 1.29 is 4.79 Å². The molecule has 1 saturated heterocycles. The van der Waals surface area contributed by atoms with Gasteiger partial charge in [-0.1, -0.05) is 11.6 Å². The molecular weight excluding hydrogens is 271 g/mol. The van der Waals surface area contributed by atoms with Gasteiger partial charge in [-0.15, -0.1) is 12.4 Å². The number of nitrogens with one attached hydrogen (secondary N) is 1. The predicted molar refractivity (Wildman–Crippen MR) is 76.8 cm³/mol. The molecule has 1 heterocycles. The molecule has 0 spiro atoms. The number of nitrogens with zero attached hydrogens (tertiary/aromatic N) is 1. The summed E-state index contributed by atoms with van der Waals surface area (Å²) in [6, 6.07) is 5.66. The molecule has 18 heavy (non-hydrogen) atoms. The Morgan fingerprint density at radius 2 is 2.22 bits per heavy atom. The van der Waals surface area contributed by atoms with E-state index in [1.54, 1.807) is 6.07 Å². The monoisotopic (exact) mass is 288 g/mol. The van der Waals surface area contributed by atoms with E-state index >= 15 is 0 Å². The van der Waals surface area contributed by atoms with Crippen LogP contribution >= 0.6 is 24.0 Å².